The maximum Gasteiger partial charge on any atom is 0.308 e. The zero-order chi connectivity index (χ0) is 12.6. The summed E-state index contributed by atoms with van der Waals surface area (Å²) >= 11 is 0. The molecule has 0 radical (unpaired) electrons. The van der Waals surface area contributed by atoms with Gasteiger partial charge in [0.25, 0.3) is 0 Å². The molecule has 1 amide bonds. The number of aliphatic carboxylic acids is 1. The van der Waals surface area contributed by atoms with Crippen molar-refractivity contribution >= 4 is 11.9 Å². The number of unbranched alkanes of at least 4 members (excludes halogenated alkanes) is 2. The second-order valence-electron chi connectivity index (χ2n) is 4.13. The number of hydrogen-bond donors (Lipinski definition) is 1. The van der Waals surface area contributed by atoms with E-state index in [4.69, 9.17) is 5.11 Å². The van der Waals surface area contributed by atoms with Gasteiger partial charge in [-0.2, -0.15) is 0 Å². The van der Waals surface area contributed by atoms with Crippen molar-refractivity contribution in [3.63, 3.8) is 0 Å². The maximum atomic E-state index is 11.7. The summed E-state index contributed by atoms with van der Waals surface area (Å²) in [5.74, 6) is -1.26. The van der Waals surface area contributed by atoms with Crippen LogP contribution in [0.5, 0.6) is 0 Å². The molecule has 0 saturated heterocycles. The van der Waals surface area contributed by atoms with Gasteiger partial charge in [0.15, 0.2) is 0 Å². The first kappa shape index (κ1) is 14.9. The Balaban J connectivity index is 4.06. The number of carboxylic acid groups (broad SMARTS) is 1. The van der Waals surface area contributed by atoms with Crippen LogP contribution in [0, 0.1) is 5.92 Å². The lowest BCUT2D eigenvalue weighted by atomic mass is 10.1. The van der Waals surface area contributed by atoms with Crippen molar-refractivity contribution in [2.75, 3.05) is 13.1 Å². The molecule has 4 heteroatoms. The van der Waals surface area contributed by atoms with Crippen LogP contribution in [-0.4, -0.2) is 35.0 Å². The van der Waals surface area contributed by atoms with E-state index in [1.807, 2.05) is 6.92 Å². The van der Waals surface area contributed by atoms with E-state index in [-0.39, 0.29) is 5.91 Å². The molecule has 1 atom stereocenters. The van der Waals surface area contributed by atoms with Crippen molar-refractivity contribution in [1.82, 2.24) is 4.90 Å². The number of nitrogens with zero attached hydrogens (tertiary/aromatic N) is 1. The van der Waals surface area contributed by atoms with E-state index in [2.05, 4.69) is 6.92 Å². The predicted molar refractivity (Wildman–Crippen MR) is 63.2 cm³/mol. The number of carbonyl (C=O) groups is 2. The first-order chi connectivity index (χ1) is 7.52. The van der Waals surface area contributed by atoms with Crippen molar-refractivity contribution in [3.05, 3.63) is 0 Å². The molecular formula is C12H23NO3. The van der Waals surface area contributed by atoms with E-state index in [0.717, 1.165) is 19.3 Å². The van der Waals surface area contributed by atoms with Crippen LogP contribution >= 0.6 is 0 Å². The third-order valence-electron chi connectivity index (χ3n) is 2.64. The van der Waals surface area contributed by atoms with Crippen molar-refractivity contribution in [2.24, 2.45) is 5.92 Å². The molecule has 0 fully saturated rings. The van der Waals surface area contributed by atoms with Crippen LogP contribution in [0.15, 0.2) is 0 Å². The molecule has 4 nitrogen and oxygen atoms in total. The molecular weight excluding hydrogens is 206 g/mol. The number of carboxylic acids is 1. The Kier molecular flexibility index (Phi) is 7.60. The predicted octanol–water partition coefficient (Wildman–Crippen LogP) is 2.14. The van der Waals surface area contributed by atoms with Crippen LogP contribution < -0.4 is 0 Å². The highest BCUT2D eigenvalue weighted by molar-refractivity contribution is 5.77. The Morgan fingerprint density at radius 1 is 1.25 bits per heavy atom. The van der Waals surface area contributed by atoms with Crippen molar-refractivity contribution in [2.45, 2.75) is 46.5 Å². The molecule has 0 aliphatic heterocycles. The largest absolute Gasteiger partial charge is 0.481 e. The maximum absolute atomic E-state index is 11.7. The standard InChI is InChI=1S/C12H23NO3/c1-4-6-7-8-11(14)13(5-2)9-10(3)12(15)16/h10H,4-9H2,1-3H3,(H,15,16). The molecule has 0 aliphatic rings. The molecule has 1 N–H and O–H groups in total. The molecule has 0 aliphatic carbocycles. The van der Waals surface area contributed by atoms with Crippen molar-refractivity contribution < 1.29 is 14.7 Å². The summed E-state index contributed by atoms with van der Waals surface area (Å²) in [5, 5.41) is 8.78. The molecule has 0 saturated carbocycles. The summed E-state index contributed by atoms with van der Waals surface area (Å²) < 4.78 is 0. The smallest absolute Gasteiger partial charge is 0.308 e. The Morgan fingerprint density at radius 2 is 1.88 bits per heavy atom. The Labute approximate surface area is 97.6 Å². The van der Waals surface area contributed by atoms with E-state index >= 15 is 0 Å². The molecule has 0 rings (SSSR count). The third-order valence-corrected chi connectivity index (χ3v) is 2.64. The van der Waals surface area contributed by atoms with Crippen LogP contribution in [0.1, 0.15) is 46.5 Å². The van der Waals surface area contributed by atoms with Gasteiger partial charge in [-0.25, -0.2) is 0 Å². The van der Waals surface area contributed by atoms with Crippen LogP contribution in [0.3, 0.4) is 0 Å². The molecule has 0 bridgehead atoms. The molecule has 0 aromatic rings. The van der Waals surface area contributed by atoms with E-state index < -0.39 is 11.9 Å². The lowest BCUT2D eigenvalue weighted by molar-refractivity contribution is -0.143. The lowest BCUT2D eigenvalue weighted by Crippen LogP contribution is -2.36. The van der Waals surface area contributed by atoms with E-state index in [1.54, 1.807) is 11.8 Å². The average Bonchev–Trinajstić information content (AvgIpc) is 2.25. The van der Waals surface area contributed by atoms with Gasteiger partial charge in [-0.15, -0.1) is 0 Å². The number of hydrogen-bond acceptors (Lipinski definition) is 2. The second-order valence-corrected chi connectivity index (χ2v) is 4.13. The minimum Gasteiger partial charge on any atom is -0.481 e. The molecule has 0 aromatic heterocycles. The lowest BCUT2D eigenvalue weighted by Gasteiger charge is -2.22. The average molecular weight is 229 g/mol. The third kappa shape index (κ3) is 5.73. The summed E-state index contributed by atoms with van der Waals surface area (Å²) in [5.41, 5.74) is 0. The topological polar surface area (TPSA) is 57.6 Å². The van der Waals surface area contributed by atoms with Gasteiger partial charge in [0.05, 0.1) is 5.92 Å². The first-order valence-electron chi connectivity index (χ1n) is 6.03. The molecule has 0 spiro atoms. The number of rotatable bonds is 8. The molecule has 1 unspecified atom stereocenters. The number of amides is 1. The van der Waals surface area contributed by atoms with E-state index in [1.165, 1.54) is 0 Å². The zero-order valence-corrected chi connectivity index (χ0v) is 10.5. The normalized spacial score (nSPS) is 12.2. The Morgan fingerprint density at radius 3 is 2.31 bits per heavy atom. The summed E-state index contributed by atoms with van der Waals surface area (Å²) in [6.07, 6.45) is 3.57. The highest BCUT2D eigenvalue weighted by Gasteiger charge is 2.18. The molecule has 94 valence electrons. The molecule has 16 heavy (non-hydrogen) atoms. The number of carbonyl (C=O) groups excluding carboxylic acids is 1. The highest BCUT2D eigenvalue weighted by Crippen LogP contribution is 2.06. The monoisotopic (exact) mass is 229 g/mol. The Hall–Kier alpha value is -1.06. The summed E-state index contributed by atoms with van der Waals surface area (Å²) in [4.78, 5) is 24.1. The van der Waals surface area contributed by atoms with Gasteiger partial charge < -0.3 is 10.0 Å². The fraction of sp³-hybridized carbons (Fsp3) is 0.833. The highest BCUT2D eigenvalue weighted by atomic mass is 16.4. The van der Waals surface area contributed by atoms with Crippen molar-refractivity contribution in [3.8, 4) is 0 Å². The van der Waals surface area contributed by atoms with E-state index in [9.17, 15) is 9.59 Å². The zero-order valence-electron chi connectivity index (χ0n) is 10.5. The minimum atomic E-state index is -0.847. The van der Waals surface area contributed by atoms with Gasteiger partial charge in [0.2, 0.25) is 5.91 Å². The van der Waals surface area contributed by atoms with Crippen molar-refractivity contribution in [1.29, 1.82) is 0 Å². The summed E-state index contributed by atoms with van der Waals surface area (Å²) in [6.45, 7) is 6.50. The molecule has 0 heterocycles. The van der Waals surface area contributed by atoms with Gasteiger partial charge in [-0.05, 0) is 13.3 Å². The van der Waals surface area contributed by atoms with Gasteiger partial charge in [0, 0.05) is 19.5 Å². The van der Waals surface area contributed by atoms with Crippen LogP contribution in [0.2, 0.25) is 0 Å². The van der Waals surface area contributed by atoms with Gasteiger partial charge in [-0.3, -0.25) is 9.59 Å². The van der Waals surface area contributed by atoms with Gasteiger partial charge in [0.1, 0.15) is 0 Å². The Bertz CT molecular complexity index is 228. The fourth-order valence-electron chi connectivity index (χ4n) is 1.50. The minimum absolute atomic E-state index is 0.0732. The van der Waals surface area contributed by atoms with Crippen LogP contribution in [-0.2, 0) is 9.59 Å². The first-order valence-corrected chi connectivity index (χ1v) is 6.03. The quantitative estimate of drug-likeness (QED) is 0.649. The van der Waals surface area contributed by atoms with Crippen LogP contribution in [0.25, 0.3) is 0 Å². The van der Waals surface area contributed by atoms with Crippen LogP contribution in [0.4, 0.5) is 0 Å². The fourth-order valence-corrected chi connectivity index (χ4v) is 1.50. The van der Waals surface area contributed by atoms with Gasteiger partial charge >= 0.3 is 5.97 Å². The summed E-state index contributed by atoms with van der Waals surface area (Å²) in [7, 11) is 0. The van der Waals surface area contributed by atoms with E-state index in [0.29, 0.717) is 19.5 Å². The summed E-state index contributed by atoms with van der Waals surface area (Å²) in [6, 6.07) is 0. The SMILES string of the molecule is CCCCCC(=O)N(CC)CC(C)C(=O)O. The molecule has 0 aromatic carbocycles. The van der Waals surface area contributed by atoms with Gasteiger partial charge in [-0.1, -0.05) is 26.7 Å². The second kappa shape index (κ2) is 8.13.